The molecule has 0 aliphatic heterocycles. The van der Waals surface area contributed by atoms with Crippen LogP contribution in [0.25, 0.3) is 17.2 Å². The Bertz CT molecular complexity index is 2110. The lowest BCUT2D eigenvalue weighted by atomic mass is 9.94. The molecule has 55 heavy (non-hydrogen) atoms. The Balaban J connectivity index is 1.44. The van der Waals surface area contributed by atoms with Gasteiger partial charge in [-0.3, -0.25) is 25.1 Å². The average Bonchev–Trinajstić information content (AvgIpc) is 4.01. The third-order valence-corrected chi connectivity index (χ3v) is 8.33. The molecule has 14 heteroatoms. The molecule has 4 aromatic rings. The second-order valence-electron chi connectivity index (χ2n) is 12.9. The van der Waals surface area contributed by atoms with E-state index in [4.69, 9.17) is 24.4 Å². The minimum Gasteiger partial charge on any atom is -0.496 e. The van der Waals surface area contributed by atoms with Crippen molar-refractivity contribution in [1.82, 2.24) is 15.6 Å². The van der Waals surface area contributed by atoms with Crippen LogP contribution in [-0.4, -0.2) is 60.6 Å². The van der Waals surface area contributed by atoms with Gasteiger partial charge in [-0.15, -0.1) is 0 Å². The Morgan fingerprint density at radius 3 is 2.25 bits per heavy atom. The number of aromatic nitrogens is 1. The van der Waals surface area contributed by atoms with Crippen molar-refractivity contribution in [2.75, 3.05) is 19.0 Å². The number of methoxy groups -OCH3 is 1. The molecule has 1 unspecified atom stereocenters. The molecule has 1 heterocycles. The monoisotopic (exact) mass is 747 g/mol. The van der Waals surface area contributed by atoms with Crippen molar-refractivity contribution in [3.8, 4) is 22.6 Å². The molecule has 14 nitrogen and oxygen atoms in total. The Hall–Kier alpha value is -6.83. The van der Waals surface area contributed by atoms with Gasteiger partial charge in [0.2, 0.25) is 6.29 Å². The number of rotatable bonds is 14. The third kappa shape index (κ3) is 10.4. The van der Waals surface area contributed by atoms with Crippen LogP contribution < -0.4 is 25.4 Å². The second-order valence-corrected chi connectivity index (χ2v) is 12.9. The first-order valence-electron chi connectivity index (χ1n) is 17.5. The van der Waals surface area contributed by atoms with E-state index >= 15 is 0 Å². The summed E-state index contributed by atoms with van der Waals surface area (Å²) in [6, 6.07) is 20.5. The molecule has 4 N–H and O–H groups in total. The van der Waals surface area contributed by atoms with Crippen LogP contribution in [0.2, 0.25) is 0 Å². The molecule has 3 amide bonds. The number of pyridine rings is 1. The van der Waals surface area contributed by atoms with Gasteiger partial charge in [-0.1, -0.05) is 44.7 Å². The SMILES string of the molecule is C=Cc1cc(C(=O)Nc2ccc(C(=N)NC(=O)Oc3ccccc3)cc2)c(-c2ccc(C(=O)NCC3CC3)nc2C(=O)OC(C)OC(=O)C(C)C)cc1OC. The highest BCUT2D eigenvalue weighted by atomic mass is 16.7. The summed E-state index contributed by atoms with van der Waals surface area (Å²) in [6.07, 6.45) is 1.40. The van der Waals surface area contributed by atoms with Gasteiger partial charge in [-0.25, -0.2) is 14.6 Å². The quantitative estimate of drug-likeness (QED) is 0.0472. The first-order valence-corrected chi connectivity index (χ1v) is 17.5. The van der Waals surface area contributed by atoms with Crippen molar-refractivity contribution < 1.29 is 42.9 Å². The maximum Gasteiger partial charge on any atom is 0.418 e. The van der Waals surface area contributed by atoms with Gasteiger partial charge in [-0.2, -0.15) is 0 Å². The lowest BCUT2D eigenvalue weighted by molar-refractivity contribution is -0.169. The average molecular weight is 748 g/mol. The Labute approximate surface area is 317 Å². The summed E-state index contributed by atoms with van der Waals surface area (Å²) in [6.45, 7) is 8.95. The van der Waals surface area contributed by atoms with Gasteiger partial charge >= 0.3 is 18.0 Å². The van der Waals surface area contributed by atoms with E-state index in [-0.39, 0.29) is 33.9 Å². The van der Waals surface area contributed by atoms with Crippen LogP contribution in [0.15, 0.2) is 85.4 Å². The number of benzene rings is 3. The minimum atomic E-state index is -1.29. The predicted octanol–water partition coefficient (Wildman–Crippen LogP) is 6.61. The summed E-state index contributed by atoms with van der Waals surface area (Å²) >= 11 is 0. The Morgan fingerprint density at radius 1 is 0.909 bits per heavy atom. The third-order valence-electron chi connectivity index (χ3n) is 8.33. The molecule has 284 valence electrons. The number of para-hydroxylation sites is 1. The van der Waals surface area contributed by atoms with Crippen LogP contribution in [0.4, 0.5) is 10.5 Å². The summed E-state index contributed by atoms with van der Waals surface area (Å²) in [5.74, 6) is -2.36. The largest absolute Gasteiger partial charge is 0.496 e. The fourth-order valence-electron chi connectivity index (χ4n) is 5.20. The van der Waals surface area contributed by atoms with Crippen molar-refractivity contribution in [2.45, 2.75) is 39.9 Å². The molecular formula is C41H41N5O9. The van der Waals surface area contributed by atoms with Crippen molar-refractivity contribution in [3.05, 3.63) is 114 Å². The molecule has 0 radical (unpaired) electrons. The van der Waals surface area contributed by atoms with Crippen molar-refractivity contribution >= 4 is 47.4 Å². The summed E-state index contributed by atoms with van der Waals surface area (Å²) in [4.78, 5) is 69.7. The molecule has 1 saturated carbocycles. The highest BCUT2D eigenvalue weighted by molar-refractivity contribution is 6.11. The zero-order chi connectivity index (χ0) is 39.6. The number of anilines is 1. The Morgan fingerprint density at radius 2 is 1.62 bits per heavy atom. The highest BCUT2D eigenvalue weighted by Gasteiger charge is 2.28. The van der Waals surface area contributed by atoms with E-state index in [1.54, 1.807) is 62.4 Å². The molecule has 3 aromatic carbocycles. The van der Waals surface area contributed by atoms with Crippen LogP contribution in [0.3, 0.4) is 0 Å². The first kappa shape index (κ1) is 39.4. The van der Waals surface area contributed by atoms with Crippen LogP contribution in [0, 0.1) is 17.2 Å². The van der Waals surface area contributed by atoms with Crippen molar-refractivity contribution in [3.63, 3.8) is 0 Å². The first-order chi connectivity index (χ1) is 26.4. The van der Waals surface area contributed by atoms with Crippen LogP contribution in [-0.2, 0) is 14.3 Å². The molecule has 5 rings (SSSR count). The van der Waals surface area contributed by atoms with E-state index in [9.17, 15) is 24.0 Å². The van der Waals surface area contributed by atoms with Crippen LogP contribution in [0.1, 0.15) is 76.1 Å². The number of nitrogens with one attached hydrogen (secondary N) is 4. The topological polar surface area (TPSA) is 195 Å². The second kappa shape index (κ2) is 17.8. The normalized spacial score (nSPS) is 12.5. The predicted molar refractivity (Wildman–Crippen MR) is 204 cm³/mol. The molecule has 0 saturated heterocycles. The molecule has 1 atom stereocenters. The number of carbonyl (C=O) groups is 5. The van der Waals surface area contributed by atoms with E-state index in [0.717, 1.165) is 12.8 Å². The molecule has 1 aromatic heterocycles. The summed E-state index contributed by atoms with van der Waals surface area (Å²) in [5.41, 5.74) is 1.20. The van der Waals surface area contributed by atoms with Gasteiger partial charge in [0.15, 0.2) is 5.69 Å². The maximum absolute atomic E-state index is 14.0. The van der Waals surface area contributed by atoms with Gasteiger partial charge in [0, 0.05) is 47.0 Å². The number of hydrogen-bond acceptors (Lipinski definition) is 11. The number of carbonyl (C=O) groups excluding carboxylic acids is 5. The number of amidine groups is 1. The fraction of sp³-hybridized carbons (Fsp3) is 0.244. The number of amides is 3. The molecular weight excluding hydrogens is 706 g/mol. The van der Waals surface area contributed by atoms with Gasteiger partial charge in [0.25, 0.3) is 11.8 Å². The van der Waals surface area contributed by atoms with E-state index in [0.29, 0.717) is 40.8 Å². The molecule has 0 spiro atoms. The van der Waals surface area contributed by atoms with E-state index in [2.05, 4.69) is 27.5 Å². The van der Waals surface area contributed by atoms with Gasteiger partial charge in [-0.05, 0) is 79.4 Å². The summed E-state index contributed by atoms with van der Waals surface area (Å²) < 4.78 is 21.5. The van der Waals surface area contributed by atoms with Crippen LogP contribution in [0.5, 0.6) is 11.5 Å². The van der Waals surface area contributed by atoms with Crippen molar-refractivity contribution in [2.24, 2.45) is 11.8 Å². The van der Waals surface area contributed by atoms with E-state index < -0.39 is 42.1 Å². The fourth-order valence-corrected chi connectivity index (χ4v) is 5.20. The number of hydrogen-bond donors (Lipinski definition) is 4. The molecule has 1 fully saturated rings. The van der Waals surface area contributed by atoms with Crippen LogP contribution >= 0.6 is 0 Å². The van der Waals surface area contributed by atoms with Gasteiger partial charge < -0.3 is 29.6 Å². The summed E-state index contributed by atoms with van der Waals surface area (Å²) in [5, 5.41) is 16.3. The van der Waals surface area contributed by atoms with Gasteiger partial charge in [0.1, 0.15) is 23.0 Å². The molecule has 1 aliphatic rings. The lowest BCUT2D eigenvalue weighted by Gasteiger charge is -2.19. The smallest absolute Gasteiger partial charge is 0.418 e. The number of nitrogens with zero attached hydrogens (tertiary/aromatic N) is 1. The molecule has 1 aliphatic carbocycles. The van der Waals surface area contributed by atoms with Crippen molar-refractivity contribution in [1.29, 1.82) is 5.41 Å². The lowest BCUT2D eigenvalue weighted by Crippen LogP contribution is -2.33. The zero-order valence-electron chi connectivity index (χ0n) is 30.8. The summed E-state index contributed by atoms with van der Waals surface area (Å²) in [7, 11) is 1.44. The molecule has 0 bridgehead atoms. The standard InChI is InChI=1S/C41H41N5O9/c1-6-26-20-32(37(47)44-28-16-14-27(15-17-28)36(42)46-41(51)55-29-10-8-7-9-11-29)31(21-34(26)52-5)30-18-19-33(38(48)43-22-25-12-13-25)45-35(30)40(50)54-24(4)53-39(49)23(2)3/h6-11,14-21,23-25H,1,12-13,22H2,2-5H3,(H,43,48)(H,44,47)(H2,42,46,51). The number of ether oxygens (including phenoxy) is 4. The van der Waals surface area contributed by atoms with E-state index in [1.165, 1.54) is 50.4 Å². The maximum atomic E-state index is 14.0. The highest BCUT2D eigenvalue weighted by Crippen LogP contribution is 2.35. The number of esters is 2. The zero-order valence-corrected chi connectivity index (χ0v) is 30.8. The van der Waals surface area contributed by atoms with Gasteiger partial charge in [0.05, 0.1) is 13.0 Å². The minimum absolute atomic E-state index is 0.0580. The Kier molecular flexibility index (Phi) is 12.7. The van der Waals surface area contributed by atoms with E-state index in [1.807, 2.05) is 0 Å².